The average molecular weight is 115 g/mol. The molecule has 0 radical (unpaired) electrons. The predicted octanol–water partition coefficient (Wildman–Crippen LogP) is 0.0203. The van der Waals surface area contributed by atoms with E-state index in [4.69, 9.17) is 5.73 Å². The third-order valence-electron chi connectivity index (χ3n) is 0.571. The molecule has 2 N–H and O–H groups in total. The average Bonchev–Trinajstić information content (AvgIpc) is 1.67. The molecule has 0 aromatic carbocycles. The highest BCUT2D eigenvalue weighted by Gasteiger charge is 2.04. The fourth-order valence-corrected chi connectivity index (χ4v) is 0.189. The number of nitrogens with two attached hydrogens (primary N) is 1. The summed E-state index contributed by atoms with van der Waals surface area (Å²) in [7, 11) is 0. The van der Waals surface area contributed by atoms with E-state index in [0.29, 0.717) is 0 Å². The summed E-state index contributed by atoms with van der Waals surface area (Å²) in [6.45, 7) is 4.73. The van der Waals surface area contributed by atoms with E-state index in [1.165, 1.54) is 0 Å². The molecule has 3 heteroatoms. The molecule has 0 bridgehead atoms. The Kier molecular flexibility index (Phi) is 2.88. The molecular formula is C5H9NO2. The van der Waals surface area contributed by atoms with E-state index in [1.54, 1.807) is 6.92 Å². The van der Waals surface area contributed by atoms with Gasteiger partial charge in [-0.05, 0) is 6.92 Å². The van der Waals surface area contributed by atoms with Gasteiger partial charge in [-0.3, -0.25) is 0 Å². The molecule has 3 nitrogen and oxygen atoms in total. The Balaban J connectivity index is 3.48. The minimum absolute atomic E-state index is 0.458. The maximum atomic E-state index is 10.3. The van der Waals surface area contributed by atoms with Gasteiger partial charge in [0.2, 0.25) is 0 Å². The van der Waals surface area contributed by atoms with Crippen molar-refractivity contribution in [3.8, 4) is 0 Å². The van der Waals surface area contributed by atoms with Crippen LogP contribution in [0.2, 0.25) is 0 Å². The lowest BCUT2D eigenvalue weighted by Crippen LogP contribution is -2.27. The van der Waals surface area contributed by atoms with Crippen LogP contribution in [0.5, 0.6) is 0 Å². The van der Waals surface area contributed by atoms with Gasteiger partial charge >= 0.3 is 5.97 Å². The minimum atomic E-state index is -0.562. The van der Waals surface area contributed by atoms with Crippen LogP contribution in [0, 0.1) is 0 Å². The Morgan fingerprint density at radius 1 is 2.00 bits per heavy atom. The van der Waals surface area contributed by atoms with E-state index >= 15 is 0 Å². The maximum absolute atomic E-state index is 10.3. The summed E-state index contributed by atoms with van der Waals surface area (Å²) in [5, 5.41) is 0. The number of rotatable bonds is 2. The van der Waals surface area contributed by atoms with Gasteiger partial charge in [0.25, 0.3) is 0 Å². The van der Waals surface area contributed by atoms with Crippen molar-refractivity contribution in [1.82, 2.24) is 0 Å². The van der Waals surface area contributed by atoms with Crippen molar-refractivity contribution in [2.24, 2.45) is 5.73 Å². The Labute approximate surface area is 48.1 Å². The summed E-state index contributed by atoms with van der Waals surface area (Å²) in [6.07, 6.45) is 1.06. The number of carbonyl (C=O) groups excluding carboxylic acids is 1. The highest BCUT2D eigenvalue weighted by Crippen LogP contribution is 1.81. The van der Waals surface area contributed by atoms with Crippen molar-refractivity contribution < 1.29 is 9.53 Å². The molecule has 0 aromatic heterocycles. The zero-order chi connectivity index (χ0) is 6.57. The first-order valence-corrected chi connectivity index (χ1v) is 2.25. The minimum Gasteiger partial charge on any atom is -0.434 e. The molecular weight excluding hydrogens is 106 g/mol. The normalized spacial score (nSPS) is 12.2. The number of ether oxygens (including phenoxy) is 1. The Morgan fingerprint density at radius 3 is 2.62 bits per heavy atom. The summed E-state index contributed by atoms with van der Waals surface area (Å²) >= 11 is 0. The number of esters is 1. The van der Waals surface area contributed by atoms with Crippen LogP contribution in [0.1, 0.15) is 6.92 Å². The topological polar surface area (TPSA) is 52.3 Å². The van der Waals surface area contributed by atoms with Crippen molar-refractivity contribution >= 4 is 5.97 Å². The van der Waals surface area contributed by atoms with E-state index in [1.807, 2.05) is 0 Å². The molecule has 0 aromatic rings. The summed E-state index contributed by atoms with van der Waals surface area (Å²) in [4.78, 5) is 10.3. The maximum Gasteiger partial charge on any atom is 0.327 e. The van der Waals surface area contributed by atoms with Crippen LogP contribution in [0.3, 0.4) is 0 Å². The van der Waals surface area contributed by atoms with Gasteiger partial charge < -0.3 is 10.5 Å². The molecule has 0 heterocycles. The third-order valence-corrected chi connectivity index (χ3v) is 0.571. The second-order valence-corrected chi connectivity index (χ2v) is 1.39. The largest absolute Gasteiger partial charge is 0.434 e. The highest BCUT2D eigenvalue weighted by molar-refractivity contribution is 5.75. The molecule has 8 heavy (non-hydrogen) atoms. The first-order chi connectivity index (χ1) is 3.68. The first kappa shape index (κ1) is 7.17. The Hall–Kier alpha value is -0.830. The molecule has 0 aliphatic carbocycles. The van der Waals surface area contributed by atoms with Gasteiger partial charge in [-0.15, -0.1) is 0 Å². The fraction of sp³-hybridized carbons (Fsp3) is 0.400. The van der Waals surface area contributed by atoms with E-state index in [2.05, 4.69) is 11.3 Å². The van der Waals surface area contributed by atoms with Crippen molar-refractivity contribution in [1.29, 1.82) is 0 Å². The molecule has 1 unspecified atom stereocenters. The lowest BCUT2D eigenvalue weighted by atomic mass is 10.4. The van der Waals surface area contributed by atoms with Crippen LogP contribution in [-0.2, 0) is 9.53 Å². The van der Waals surface area contributed by atoms with Gasteiger partial charge in [-0.1, -0.05) is 6.58 Å². The monoisotopic (exact) mass is 115 g/mol. The SMILES string of the molecule is C=COC(=O)C(C)N. The summed E-state index contributed by atoms with van der Waals surface area (Å²) in [5.74, 6) is -0.458. The van der Waals surface area contributed by atoms with E-state index in [-0.39, 0.29) is 0 Å². The second-order valence-electron chi connectivity index (χ2n) is 1.39. The van der Waals surface area contributed by atoms with E-state index in [9.17, 15) is 4.79 Å². The zero-order valence-corrected chi connectivity index (χ0v) is 4.76. The van der Waals surface area contributed by atoms with Crippen molar-refractivity contribution in [2.75, 3.05) is 0 Å². The quantitative estimate of drug-likeness (QED) is 0.407. The number of hydrogen-bond acceptors (Lipinski definition) is 3. The molecule has 46 valence electrons. The van der Waals surface area contributed by atoms with Crippen LogP contribution in [0.25, 0.3) is 0 Å². The van der Waals surface area contributed by atoms with E-state index < -0.39 is 12.0 Å². The number of hydrogen-bond donors (Lipinski definition) is 1. The molecule has 0 aliphatic rings. The highest BCUT2D eigenvalue weighted by atomic mass is 16.5. The summed E-state index contributed by atoms with van der Waals surface area (Å²) in [6, 6.07) is -0.562. The van der Waals surface area contributed by atoms with Gasteiger partial charge in [0.05, 0.1) is 6.26 Å². The standard InChI is InChI=1S/C5H9NO2/c1-3-8-5(7)4(2)6/h3-4H,1,6H2,2H3. The van der Waals surface area contributed by atoms with Gasteiger partial charge in [-0.25, -0.2) is 4.79 Å². The van der Waals surface area contributed by atoms with Crippen LogP contribution in [0.15, 0.2) is 12.8 Å². The van der Waals surface area contributed by atoms with Crippen LogP contribution < -0.4 is 5.73 Å². The Bertz CT molecular complexity index is 98.6. The summed E-state index contributed by atoms with van der Waals surface area (Å²) < 4.78 is 4.30. The van der Waals surface area contributed by atoms with Crippen LogP contribution >= 0.6 is 0 Å². The van der Waals surface area contributed by atoms with Crippen molar-refractivity contribution in [2.45, 2.75) is 13.0 Å². The van der Waals surface area contributed by atoms with Crippen molar-refractivity contribution in [3.05, 3.63) is 12.8 Å². The molecule has 0 saturated heterocycles. The van der Waals surface area contributed by atoms with Gasteiger partial charge in [0.1, 0.15) is 6.04 Å². The fourth-order valence-electron chi connectivity index (χ4n) is 0.189. The molecule has 0 fully saturated rings. The lowest BCUT2D eigenvalue weighted by Gasteiger charge is -1.99. The molecule has 0 amide bonds. The second kappa shape index (κ2) is 3.21. The Morgan fingerprint density at radius 2 is 2.50 bits per heavy atom. The van der Waals surface area contributed by atoms with Crippen LogP contribution in [0.4, 0.5) is 0 Å². The molecule has 0 rings (SSSR count). The molecule has 0 spiro atoms. The summed E-state index contributed by atoms with van der Waals surface area (Å²) in [5.41, 5.74) is 5.10. The predicted molar refractivity (Wildman–Crippen MR) is 29.9 cm³/mol. The van der Waals surface area contributed by atoms with Gasteiger partial charge in [0, 0.05) is 0 Å². The van der Waals surface area contributed by atoms with Gasteiger partial charge in [0.15, 0.2) is 0 Å². The first-order valence-electron chi connectivity index (χ1n) is 2.25. The third kappa shape index (κ3) is 2.36. The van der Waals surface area contributed by atoms with Gasteiger partial charge in [-0.2, -0.15) is 0 Å². The zero-order valence-electron chi connectivity index (χ0n) is 4.76. The van der Waals surface area contributed by atoms with Crippen molar-refractivity contribution in [3.63, 3.8) is 0 Å². The molecule has 0 aliphatic heterocycles. The van der Waals surface area contributed by atoms with Crippen LogP contribution in [-0.4, -0.2) is 12.0 Å². The number of carbonyl (C=O) groups is 1. The van der Waals surface area contributed by atoms with E-state index in [0.717, 1.165) is 6.26 Å². The smallest absolute Gasteiger partial charge is 0.327 e. The molecule has 1 atom stereocenters. The molecule has 0 saturated carbocycles. The lowest BCUT2D eigenvalue weighted by molar-refractivity contribution is -0.139.